The Morgan fingerprint density at radius 1 is 1.17 bits per heavy atom. The molecule has 0 aliphatic rings. The number of likely N-dealkylation sites (N-methyl/N-ethyl adjacent to an activating group) is 2. The van der Waals surface area contributed by atoms with Crippen LogP contribution in [-0.4, -0.2) is 61.2 Å². The van der Waals surface area contributed by atoms with Gasteiger partial charge in [-0.25, -0.2) is 4.39 Å². The average molecular weight is 254 g/mol. The van der Waals surface area contributed by atoms with Crippen LogP contribution in [0.2, 0.25) is 0 Å². The molecule has 6 heteroatoms. The number of rotatable bonds is 6. The molecule has 0 aliphatic carbocycles. The lowest BCUT2D eigenvalue weighted by Gasteiger charge is -2.19. The largest absolute Gasteiger partial charge is 0.488 e. The molecule has 0 amide bonds. The Kier molecular flexibility index (Phi) is 5.75. The van der Waals surface area contributed by atoms with E-state index in [9.17, 15) is 4.39 Å². The maximum Gasteiger partial charge on any atom is 0.488 e. The predicted octanol–water partition coefficient (Wildman–Crippen LogP) is -0.501. The van der Waals surface area contributed by atoms with E-state index in [4.69, 9.17) is 10.0 Å². The normalized spacial score (nSPS) is 11.3. The van der Waals surface area contributed by atoms with Crippen molar-refractivity contribution in [2.45, 2.75) is 6.54 Å². The molecule has 0 atom stereocenters. The smallest absolute Gasteiger partial charge is 0.423 e. The molecule has 0 bridgehead atoms. The van der Waals surface area contributed by atoms with E-state index < -0.39 is 12.9 Å². The highest BCUT2D eigenvalue weighted by Crippen LogP contribution is 2.08. The number of nitrogens with zero attached hydrogens (tertiary/aromatic N) is 2. The third kappa shape index (κ3) is 4.74. The van der Waals surface area contributed by atoms with E-state index in [1.807, 2.05) is 26.0 Å². The molecule has 2 N–H and O–H groups in total. The van der Waals surface area contributed by atoms with Crippen LogP contribution in [0, 0.1) is 5.82 Å². The fourth-order valence-corrected chi connectivity index (χ4v) is 1.59. The molecule has 0 saturated heterocycles. The maximum absolute atomic E-state index is 13.7. The topological polar surface area (TPSA) is 46.9 Å². The summed E-state index contributed by atoms with van der Waals surface area (Å²) in [6.07, 6.45) is 0. The number of hydrogen-bond donors (Lipinski definition) is 2. The van der Waals surface area contributed by atoms with E-state index >= 15 is 0 Å². The number of halogens is 1. The highest BCUT2D eigenvalue weighted by molar-refractivity contribution is 6.58. The summed E-state index contributed by atoms with van der Waals surface area (Å²) in [5, 5.41) is 17.9. The molecular weight excluding hydrogens is 234 g/mol. The maximum atomic E-state index is 13.7. The van der Waals surface area contributed by atoms with Crippen molar-refractivity contribution in [1.82, 2.24) is 9.80 Å². The molecule has 0 heterocycles. The Labute approximate surface area is 108 Å². The first-order valence-electron chi connectivity index (χ1n) is 5.88. The fraction of sp³-hybridized carbons (Fsp3) is 0.500. The van der Waals surface area contributed by atoms with Gasteiger partial charge in [0.05, 0.1) is 0 Å². The molecule has 0 aromatic heterocycles. The lowest BCUT2D eigenvalue weighted by atomic mass is 9.80. The average Bonchev–Trinajstić information content (AvgIpc) is 2.29. The monoisotopic (exact) mass is 254 g/mol. The van der Waals surface area contributed by atoms with Crippen molar-refractivity contribution in [1.29, 1.82) is 0 Å². The van der Waals surface area contributed by atoms with Gasteiger partial charge in [0, 0.05) is 25.2 Å². The van der Waals surface area contributed by atoms with Crippen molar-refractivity contribution in [2.75, 3.05) is 34.2 Å². The van der Waals surface area contributed by atoms with Gasteiger partial charge in [-0.3, -0.25) is 0 Å². The minimum atomic E-state index is -1.62. The van der Waals surface area contributed by atoms with Gasteiger partial charge in [0.1, 0.15) is 5.82 Å². The van der Waals surface area contributed by atoms with Crippen LogP contribution in [0.5, 0.6) is 0 Å². The van der Waals surface area contributed by atoms with E-state index in [-0.39, 0.29) is 5.46 Å². The van der Waals surface area contributed by atoms with Gasteiger partial charge >= 0.3 is 7.12 Å². The summed E-state index contributed by atoms with van der Waals surface area (Å²) < 4.78 is 13.7. The summed E-state index contributed by atoms with van der Waals surface area (Å²) in [5.74, 6) is -0.405. The van der Waals surface area contributed by atoms with Gasteiger partial charge in [0.15, 0.2) is 0 Å². The first-order chi connectivity index (χ1) is 8.40. The molecule has 0 spiro atoms. The van der Waals surface area contributed by atoms with Crippen LogP contribution in [0.4, 0.5) is 4.39 Å². The zero-order chi connectivity index (χ0) is 13.7. The molecular formula is C12H20BFN2O2. The van der Waals surface area contributed by atoms with Gasteiger partial charge in [-0.15, -0.1) is 0 Å². The molecule has 0 saturated carbocycles. The minimum Gasteiger partial charge on any atom is -0.423 e. The van der Waals surface area contributed by atoms with Crippen molar-refractivity contribution >= 4 is 12.6 Å². The van der Waals surface area contributed by atoms with Crippen molar-refractivity contribution in [3.05, 3.63) is 29.6 Å². The molecule has 1 rings (SSSR count). The first-order valence-corrected chi connectivity index (χ1v) is 5.88. The van der Waals surface area contributed by atoms with Gasteiger partial charge in [0.2, 0.25) is 0 Å². The highest BCUT2D eigenvalue weighted by atomic mass is 19.1. The molecule has 0 fully saturated rings. The molecule has 100 valence electrons. The lowest BCUT2D eigenvalue weighted by molar-refractivity contribution is 0.273. The number of benzene rings is 1. The summed E-state index contributed by atoms with van der Waals surface area (Å²) in [4.78, 5) is 4.09. The van der Waals surface area contributed by atoms with E-state index in [0.717, 1.165) is 13.1 Å². The Morgan fingerprint density at radius 3 is 2.33 bits per heavy atom. The van der Waals surface area contributed by atoms with Gasteiger partial charge in [-0.2, -0.15) is 0 Å². The second kappa shape index (κ2) is 6.85. The summed E-state index contributed by atoms with van der Waals surface area (Å²) in [5.41, 5.74) is 0.729. The minimum absolute atomic E-state index is 0.173. The third-order valence-corrected chi connectivity index (χ3v) is 2.74. The molecule has 0 unspecified atom stereocenters. The predicted molar refractivity (Wildman–Crippen MR) is 71.1 cm³/mol. The number of hydrogen-bond acceptors (Lipinski definition) is 4. The van der Waals surface area contributed by atoms with Crippen molar-refractivity contribution in [3.63, 3.8) is 0 Å². The second-order valence-electron chi connectivity index (χ2n) is 4.77. The first kappa shape index (κ1) is 15.1. The van der Waals surface area contributed by atoms with E-state index in [2.05, 4.69) is 4.90 Å². The standard InChI is InChI=1S/C12H20BFN2O2/c1-15(2)6-7-16(3)9-10-4-5-11(13(17)18)8-12(10)14/h4-5,8,17-18H,6-7,9H2,1-3H3. The van der Waals surface area contributed by atoms with Crippen LogP contribution >= 0.6 is 0 Å². The van der Waals surface area contributed by atoms with Gasteiger partial charge in [-0.1, -0.05) is 12.1 Å². The van der Waals surface area contributed by atoms with E-state index in [1.54, 1.807) is 6.07 Å². The van der Waals surface area contributed by atoms with Crippen molar-refractivity contribution < 1.29 is 14.4 Å². The third-order valence-electron chi connectivity index (χ3n) is 2.74. The molecule has 1 aromatic rings. The molecule has 1 aromatic carbocycles. The quantitative estimate of drug-likeness (QED) is 0.672. The van der Waals surface area contributed by atoms with Crippen LogP contribution in [0.1, 0.15) is 5.56 Å². The summed E-state index contributed by atoms with van der Waals surface area (Å²) in [7, 11) is 4.29. The van der Waals surface area contributed by atoms with Crippen LogP contribution in [0.15, 0.2) is 18.2 Å². The van der Waals surface area contributed by atoms with Crippen molar-refractivity contribution in [2.24, 2.45) is 0 Å². The van der Waals surface area contributed by atoms with Gasteiger partial charge in [-0.05, 0) is 32.7 Å². The van der Waals surface area contributed by atoms with Crippen LogP contribution in [0.3, 0.4) is 0 Å². The van der Waals surface area contributed by atoms with E-state index in [1.165, 1.54) is 12.1 Å². The Balaban J connectivity index is 2.62. The van der Waals surface area contributed by atoms with Crippen molar-refractivity contribution in [3.8, 4) is 0 Å². The molecule has 0 radical (unpaired) electrons. The SMILES string of the molecule is CN(C)CCN(C)Cc1ccc(B(O)O)cc1F. The zero-order valence-electron chi connectivity index (χ0n) is 11.1. The molecule has 4 nitrogen and oxygen atoms in total. The molecule has 0 aliphatic heterocycles. The van der Waals surface area contributed by atoms with Crippen LogP contribution in [-0.2, 0) is 6.54 Å². The van der Waals surface area contributed by atoms with Gasteiger partial charge in [0.25, 0.3) is 0 Å². The summed E-state index contributed by atoms with van der Waals surface area (Å²) in [6, 6.07) is 4.29. The highest BCUT2D eigenvalue weighted by Gasteiger charge is 2.14. The van der Waals surface area contributed by atoms with Gasteiger partial charge < -0.3 is 19.8 Å². The van der Waals surface area contributed by atoms with E-state index in [0.29, 0.717) is 12.1 Å². The second-order valence-corrected chi connectivity index (χ2v) is 4.77. The summed E-state index contributed by atoms with van der Waals surface area (Å²) >= 11 is 0. The summed E-state index contributed by atoms with van der Waals surface area (Å²) in [6.45, 7) is 2.25. The van der Waals surface area contributed by atoms with Crippen LogP contribution < -0.4 is 5.46 Å². The Bertz CT molecular complexity index is 388. The van der Waals surface area contributed by atoms with Crippen LogP contribution in [0.25, 0.3) is 0 Å². The fourth-order valence-electron chi connectivity index (χ4n) is 1.59. The molecule has 18 heavy (non-hydrogen) atoms. The lowest BCUT2D eigenvalue weighted by Crippen LogP contribution is -2.31. The Morgan fingerprint density at radius 2 is 1.83 bits per heavy atom. The Hall–Kier alpha value is -0.945. The zero-order valence-corrected chi connectivity index (χ0v) is 11.1.